The summed E-state index contributed by atoms with van der Waals surface area (Å²) in [6, 6.07) is 23.6. The van der Waals surface area contributed by atoms with E-state index in [0.717, 1.165) is 6.42 Å². The summed E-state index contributed by atoms with van der Waals surface area (Å²) in [6.45, 7) is 22.1. The Bertz CT molecular complexity index is 1560. The molecule has 0 bridgehead atoms. The zero-order valence-corrected chi connectivity index (χ0v) is 32.5. The summed E-state index contributed by atoms with van der Waals surface area (Å²) in [7, 11) is -3.52. The average Bonchev–Trinajstić information content (AvgIpc) is 3.47. The van der Waals surface area contributed by atoms with Crippen LogP contribution in [0, 0.1) is 29.2 Å². The number of halogens is 4. The third-order valence-corrected chi connectivity index (χ3v) is 17.4. The first-order valence-corrected chi connectivity index (χ1v) is 20.5. The minimum absolute atomic E-state index is 0.0519. The van der Waals surface area contributed by atoms with Gasteiger partial charge in [0.2, 0.25) is 8.32 Å². The van der Waals surface area contributed by atoms with Crippen molar-refractivity contribution in [2.75, 3.05) is 0 Å². The Hall–Kier alpha value is -3.50. The molecule has 5 rings (SSSR count). The smallest absolute Gasteiger partial charge is 0.413 e. The van der Waals surface area contributed by atoms with Gasteiger partial charge >= 0.3 is 7.12 Å². The molecule has 1 heterocycles. The molecule has 1 fully saturated rings. The van der Waals surface area contributed by atoms with E-state index in [9.17, 15) is 17.6 Å². The van der Waals surface area contributed by atoms with Gasteiger partial charge in [-0.15, -0.1) is 6.58 Å². The van der Waals surface area contributed by atoms with E-state index in [2.05, 4.69) is 62.0 Å². The molecule has 1 saturated heterocycles. The molecule has 3 atom stereocenters. The second-order valence-electron chi connectivity index (χ2n) is 15.1. The van der Waals surface area contributed by atoms with Crippen LogP contribution in [-0.2, 0) is 24.9 Å². The van der Waals surface area contributed by atoms with Gasteiger partial charge in [-0.2, -0.15) is 0 Å². The maximum absolute atomic E-state index is 14.7. The molecule has 276 valence electrons. The van der Waals surface area contributed by atoms with Crippen LogP contribution in [0.25, 0.3) is 0 Å². The van der Waals surface area contributed by atoms with Crippen LogP contribution in [0.1, 0.15) is 84.1 Å². The first-order chi connectivity index (χ1) is 24.7. The van der Waals surface area contributed by atoms with Crippen LogP contribution < -0.4 is 0 Å². The lowest BCUT2D eigenvalue weighted by Gasteiger charge is -2.47. The highest BCUT2D eigenvalue weighted by atomic mass is 28.4. The molecule has 0 aliphatic carbocycles. The summed E-state index contributed by atoms with van der Waals surface area (Å²) in [5.41, 5.74) is -0.407. The minimum Gasteiger partial charge on any atom is -0.413 e. The van der Waals surface area contributed by atoms with Gasteiger partial charge in [0.25, 0.3) is 0 Å². The zero-order valence-electron chi connectivity index (χ0n) is 31.5. The van der Waals surface area contributed by atoms with Gasteiger partial charge in [-0.05, 0) is 93.3 Å². The van der Waals surface area contributed by atoms with E-state index in [1.165, 1.54) is 48.5 Å². The van der Waals surface area contributed by atoms with Crippen molar-refractivity contribution in [2.24, 2.45) is 5.92 Å². The molecule has 4 aromatic rings. The SMILES string of the molecule is C=C[C@@H](B1OC(c2ccc(F)cc2)(c2ccc(F)cc2)C(c2ccc(F)cc2)(c2ccc(F)cc2)O1)[C@@H](O[Si](C(C)C)(C(C)C)C(C)C)C(C)CC. The molecule has 0 N–H and O–H groups in total. The van der Waals surface area contributed by atoms with E-state index >= 15 is 0 Å². The van der Waals surface area contributed by atoms with Crippen LogP contribution in [0.15, 0.2) is 110 Å². The Kier molecular flexibility index (Phi) is 12.1. The molecule has 3 nitrogen and oxygen atoms in total. The van der Waals surface area contributed by atoms with Crippen molar-refractivity contribution in [1.82, 2.24) is 0 Å². The van der Waals surface area contributed by atoms with Crippen LogP contribution >= 0.6 is 0 Å². The van der Waals surface area contributed by atoms with Gasteiger partial charge in [-0.1, -0.05) is 116 Å². The second-order valence-corrected chi connectivity index (χ2v) is 20.5. The Morgan fingerprint density at radius 2 is 0.885 bits per heavy atom. The van der Waals surface area contributed by atoms with Gasteiger partial charge in [0.05, 0.1) is 6.10 Å². The zero-order chi connectivity index (χ0) is 38.0. The van der Waals surface area contributed by atoms with E-state index in [-0.39, 0.29) is 12.0 Å². The molecule has 0 radical (unpaired) electrons. The maximum atomic E-state index is 14.7. The molecule has 0 saturated carbocycles. The summed E-state index contributed by atoms with van der Waals surface area (Å²) in [5, 5.41) is 0. The first-order valence-electron chi connectivity index (χ1n) is 18.4. The van der Waals surface area contributed by atoms with Crippen LogP contribution in [0.5, 0.6) is 0 Å². The Morgan fingerprint density at radius 3 is 1.12 bits per heavy atom. The van der Waals surface area contributed by atoms with Crippen LogP contribution in [-0.4, -0.2) is 21.5 Å². The number of hydrogen-bond acceptors (Lipinski definition) is 3. The maximum Gasteiger partial charge on any atom is 0.468 e. The molecular formula is C43H51BF4O3Si. The van der Waals surface area contributed by atoms with Crippen LogP contribution in [0.3, 0.4) is 0 Å². The van der Waals surface area contributed by atoms with Gasteiger partial charge in [-0.25, -0.2) is 17.6 Å². The molecule has 0 aromatic heterocycles. The normalized spacial score (nSPS) is 17.5. The highest BCUT2D eigenvalue weighted by Gasteiger charge is 2.67. The van der Waals surface area contributed by atoms with Crippen molar-refractivity contribution in [1.29, 1.82) is 0 Å². The van der Waals surface area contributed by atoms with E-state index in [4.69, 9.17) is 13.7 Å². The number of benzene rings is 4. The van der Waals surface area contributed by atoms with Crippen molar-refractivity contribution in [2.45, 2.75) is 102 Å². The number of hydrogen-bond donors (Lipinski definition) is 0. The highest BCUT2D eigenvalue weighted by Crippen LogP contribution is 2.61. The molecular weight excluding hydrogens is 679 g/mol. The molecule has 0 amide bonds. The Labute approximate surface area is 308 Å². The lowest BCUT2D eigenvalue weighted by Crippen LogP contribution is -2.53. The van der Waals surface area contributed by atoms with Gasteiger partial charge in [0, 0.05) is 5.82 Å². The predicted molar refractivity (Wildman–Crippen MR) is 204 cm³/mol. The van der Waals surface area contributed by atoms with Crippen LogP contribution in [0.4, 0.5) is 17.6 Å². The first kappa shape index (κ1) is 39.7. The van der Waals surface area contributed by atoms with Crippen molar-refractivity contribution >= 4 is 15.4 Å². The molecule has 9 heteroatoms. The Balaban J connectivity index is 1.87. The largest absolute Gasteiger partial charge is 0.468 e. The second kappa shape index (κ2) is 15.9. The lowest BCUT2D eigenvalue weighted by molar-refractivity contribution is 0.00351. The quantitative estimate of drug-likeness (QED) is 0.0734. The van der Waals surface area contributed by atoms with E-state index in [0.29, 0.717) is 38.9 Å². The van der Waals surface area contributed by atoms with Crippen molar-refractivity contribution < 1.29 is 31.3 Å². The standard InChI is InChI=1S/C43H51BF4O3Si/c1-10-31(9)41(49-52(28(3)4,29(5)6)30(7)8)40(11-2)44-50-42(32-12-20-36(45)21-13-32,33-14-22-37(46)23-15-33)43(51-44,34-16-24-38(47)25-17-34)35-18-26-39(48)27-19-35/h11-31,40-41H,2,10H2,1,3-9H3/t31?,40-,41+/m1/s1. The fourth-order valence-corrected chi connectivity index (χ4v) is 14.4. The monoisotopic (exact) mass is 730 g/mol. The highest BCUT2D eigenvalue weighted by molar-refractivity contribution is 6.77. The topological polar surface area (TPSA) is 27.7 Å². The van der Waals surface area contributed by atoms with Crippen molar-refractivity contribution in [3.63, 3.8) is 0 Å². The van der Waals surface area contributed by atoms with Crippen molar-refractivity contribution in [3.8, 4) is 0 Å². The predicted octanol–water partition coefficient (Wildman–Crippen LogP) is 12.1. The molecule has 1 unspecified atom stereocenters. The summed E-state index contributed by atoms with van der Waals surface area (Å²) in [4.78, 5) is 0. The molecule has 1 aliphatic heterocycles. The van der Waals surface area contributed by atoms with Gasteiger partial charge in [0.1, 0.15) is 34.5 Å². The van der Waals surface area contributed by atoms with E-state index in [1.54, 1.807) is 48.5 Å². The van der Waals surface area contributed by atoms with Crippen molar-refractivity contribution in [3.05, 3.63) is 155 Å². The third kappa shape index (κ3) is 6.86. The Morgan fingerprint density at radius 1 is 0.596 bits per heavy atom. The summed E-state index contributed by atoms with van der Waals surface area (Å²) in [6.07, 6.45) is 2.25. The minimum atomic E-state index is -2.48. The summed E-state index contributed by atoms with van der Waals surface area (Å²) >= 11 is 0. The van der Waals surface area contributed by atoms with Gasteiger partial charge < -0.3 is 13.7 Å². The fourth-order valence-electron chi connectivity index (χ4n) is 8.70. The van der Waals surface area contributed by atoms with Gasteiger partial charge in [-0.3, -0.25) is 0 Å². The fraction of sp³-hybridized carbons (Fsp3) is 0.395. The summed E-state index contributed by atoms with van der Waals surface area (Å²) < 4.78 is 81.2. The van der Waals surface area contributed by atoms with Gasteiger partial charge in [0.15, 0.2) is 0 Å². The van der Waals surface area contributed by atoms with E-state index in [1.807, 2.05) is 6.08 Å². The molecule has 1 aliphatic rings. The van der Waals surface area contributed by atoms with E-state index < -0.39 is 55.7 Å². The molecule has 4 aromatic carbocycles. The molecule has 52 heavy (non-hydrogen) atoms. The lowest BCUT2D eigenvalue weighted by atomic mass is 9.65. The molecule has 0 spiro atoms. The van der Waals surface area contributed by atoms with Crippen LogP contribution in [0.2, 0.25) is 22.4 Å². The number of rotatable bonds is 14. The average molecular weight is 731 g/mol. The third-order valence-electron chi connectivity index (χ3n) is 11.3. The summed E-state index contributed by atoms with van der Waals surface area (Å²) in [5.74, 6) is -2.34.